The minimum atomic E-state index is 0.655. The van der Waals surface area contributed by atoms with Crippen molar-refractivity contribution in [1.82, 2.24) is 0 Å². The molecule has 68 valence electrons. The topological polar surface area (TPSA) is 50.4 Å². The summed E-state index contributed by atoms with van der Waals surface area (Å²) in [6.45, 7) is 7.14. The van der Waals surface area contributed by atoms with Crippen molar-refractivity contribution in [2.24, 2.45) is 4.99 Å². The molecule has 0 aliphatic carbocycles. The van der Waals surface area contributed by atoms with Gasteiger partial charge >= 0.3 is 0 Å². The Bertz CT molecular complexity index is 342. The second-order valence-electron chi connectivity index (χ2n) is 2.57. The summed E-state index contributed by atoms with van der Waals surface area (Å²) in [7, 11) is 1.82. The highest BCUT2D eigenvalue weighted by Gasteiger charge is 2.05. The van der Waals surface area contributed by atoms with Crippen LogP contribution in [0, 0.1) is 0 Å². The van der Waals surface area contributed by atoms with Gasteiger partial charge in [0.2, 0.25) is 0 Å². The maximum atomic E-state index is 5.86. The predicted octanol–water partition coefficient (Wildman–Crippen LogP) is 2.29. The number of rotatable bonds is 3. The van der Waals surface area contributed by atoms with Gasteiger partial charge in [-0.05, 0) is 18.9 Å². The van der Waals surface area contributed by atoms with Gasteiger partial charge in [0, 0.05) is 12.6 Å². The Morgan fingerprint density at radius 3 is 2.69 bits per heavy atom. The normalized spacial score (nSPS) is 9.31. The molecule has 0 bridgehead atoms. The zero-order valence-corrected chi connectivity index (χ0v) is 7.67. The van der Waals surface area contributed by atoms with Crippen molar-refractivity contribution in [3.05, 3.63) is 24.3 Å². The summed E-state index contributed by atoms with van der Waals surface area (Å²) < 4.78 is 0. The van der Waals surface area contributed by atoms with Crippen LogP contribution in [0.15, 0.2) is 23.7 Å². The van der Waals surface area contributed by atoms with E-state index < -0.39 is 0 Å². The number of nitrogen functional groups attached to an aromatic ring is 1. The van der Waals surface area contributed by atoms with Gasteiger partial charge in [-0.15, -0.1) is 0 Å². The first-order valence-corrected chi connectivity index (χ1v) is 3.94. The smallest absolute Gasteiger partial charge is 0.0716 e. The maximum absolute atomic E-state index is 5.86. The van der Waals surface area contributed by atoms with E-state index in [1.807, 2.05) is 19.2 Å². The molecule has 0 saturated carbocycles. The van der Waals surface area contributed by atoms with Gasteiger partial charge in [0.05, 0.1) is 17.1 Å². The average Bonchev–Trinajstić information content (AvgIpc) is 2.17. The van der Waals surface area contributed by atoms with Crippen molar-refractivity contribution in [2.45, 2.75) is 0 Å². The molecule has 13 heavy (non-hydrogen) atoms. The summed E-state index contributed by atoms with van der Waals surface area (Å²) in [5.41, 5.74) is 8.97. The molecule has 0 amide bonds. The first-order valence-electron chi connectivity index (χ1n) is 3.94. The summed E-state index contributed by atoms with van der Waals surface area (Å²) in [6, 6.07) is 3.72. The predicted molar refractivity (Wildman–Crippen MR) is 59.7 cm³/mol. The molecule has 1 aromatic carbocycles. The Morgan fingerprint density at radius 1 is 1.54 bits per heavy atom. The van der Waals surface area contributed by atoms with E-state index >= 15 is 0 Å². The van der Waals surface area contributed by atoms with Crippen LogP contribution in [-0.2, 0) is 0 Å². The fourth-order valence-electron chi connectivity index (χ4n) is 1.20. The maximum Gasteiger partial charge on any atom is 0.0716 e. The molecule has 1 aromatic rings. The van der Waals surface area contributed by atoms with Crippen LogP contribution in [0.2, 0.25) is 0 Å². The third kappa shape index (κ3) is 1.54. The second kappa shape index (κ2) is 3.76. The van der Waals surface area contributed by atoms with Gasteiger partial charge in [-0.2, -0.15) is 0 Å². The zero-order chi connectivity index (χ0) is 9.84. The molecule has 0 atom stereocenters. The van der Waals surface area contributed by atoms with Crippen molar-refractivity contribution in [3.8, 4) is 0 Å². The highest BCUT2D eigenvalue weighted by molar-refractivity contribution is 5.84. The molecule has 3 N–H and O–H groups in total. The molecule has 0 saturated heterocycles. The Balaban J connectivity index is 3.39. The van der Waals surface area contributed by atoms with Crippen molar-refractivity contribution < 1.29 is 0 Å². The lowest BCUT2D eigenvalue weighted by molar-refractivity contribution is 1.47. The van der Waals surface area contributed by atoms with Crippen molar-refractivity contribution in [1.29, 1.82) is 0 Å². The van der Waals surface area contributed by atoms with E-state index in [1.54, 1.807) is 6.08 Å². The minimum absolute atomic E-state index is 0.655. The number of hydrogen-bond acceptors (Lipinski definition) is 3. The first-order chi connectivity index (χ1) is 6.24. The van der Waals surface area contributed by atoms with Crippen LogP contribution in [0.25, 0.3) is 6.08 Å². The molecule has 0 unspecified atom stereocenters. The number of anilines is 2. The highest BCUT2D eigenvalue weighted by atomic mass is 14.9. The van der Waals surface area contributed by atoms with Crippen LogP contribution in [0.1, 0.15) is 5.56 Å². The molecule has 3 nitrogen and oxygen atoms in total. The number of benzene rings is 1. The summed E-state index contributed by atoms with van der Waals surface area (Å²) in [5.74, 6) is 0. The SMILES string of the molecule is C=Cc1c(N=C)ccc(NC)c1N. The van der Waals surface area contributed by atoms with Crippen molar-refractivity contribution in [3.63, 3.8) is 0 Å². The van der Waals surface area contributed by atoms with Gasteiger partial charge in [0.25, 0.3) is 0 Å². The van der Waals surface area contributed by atoms with Gasteiger partial charge in [-0.25, -0.2) is 0 Å². The summed E-state index contributed by atoms with van der Waals surface area (Å²) >= 11 is 0. The van der Waals surface area contributed by atoms with E-state index in [4.69, 9.17) is 5.73 Å². The lowest BCUT2D eigenvalue weighted by atomic mass is 10.1. The highest BCUT2D eigenvalue weighted by Crippen LogP contribution is 2.31. The van der Waals surface area contributed by atoms with Crippen LogP contribution in [0.4, 0.5) is 17.1 Å². The third-order valence-electron chi connectivity index (χ3n) is 1.91. The number of aliphatic imine (C=N–C) groups is 1. The number of nitrogens with two attached hydrogens (primary N) is 1. The van der Waals surface area contributed by atoms with Crippen LogP contribution < -0.4 is 11.1 Å². The quantitative estimate of drug-likeness (QED) is 0.547. The average molecular weight is 175 g/mol. The molecule has 1 rings (SSSR count). The fraction of sp³-hybridized carbons (Fsp3) is 0.100. The monoisotopic (exact) mass is 175 g/mol. The molecule has 0 spiro atoms. The fourth-order valence-corrected chi connectivity index (χ4v) is 1.20. The standard InChI is InChI=1S/C10H13N3/c1-4-7-8(12-2)5-6-9(13-3)10(7)11/h4-6,13H,1-2,11H2,3H3. The summed E-state index contributed by atoms with van der Waals surface area (Å²) in [6.07, 6.45) is 1.68. The molecule has 0 fully saturated rings. The van der Waals surface area contributed by atoms with E-state index in [0.29, 0.717) is 5.69 Å². The minimum Gasteiger partial charge on any atom is -0.397 e. The first kappa shape index (κ1) is 9.32. The number of nitrogens with one attached hydrogen (secondary N) is 1. The van der Waals surface area contributed by atoms with Gasteiger partial charge in [-0.1, -0.05) is 12.7 Å². The Morgan fingerprint density at radius 2 is 2.23 bits per heavy atom. The lowest BCUT2D eigenvalue weighted by Gasteiger charge is -2.09. The van der Waals surface area contributed by atoms with E-state index in [0.717, 1.165) is 16.9 Å². The van der Waals surface area contributed by atoms with E-state index in [1.165, 1.54) is 0 Å². The van der Waals surface area contributed by atoms with Gasteiger partial charge in [0.1, 0.15) is 0 Å². The van der Waals surface area contributed by atoms with Crippen molar-refractivity contribution in [2.75, 3.05) is 18.1 Å². The molecule has 0 aliphatic rings. The summed E-state index contributed by atoms with van der Waals surface area (Å²) in [4.78, 5) is 3.85. The van der Waals surface area contributed by atoms with Crippen LogP contribution in [-0.4, -0.2) is 13.8 Å². The van der Waals surface area contributed by atoms with Crippen LogP contribution >= 0.6 is 0 Å². The van der Waals surface area contributed by atoms with E-state index in [9.17, 15) is 0 Å². The number of nitrogens with zero attached hydrogens (tertiary/aromatic N) is 1. The molecular formula is C10H13N3. The molecular weight excluding hydrogens is 162 g/mol. The Hall–Kier alpha value is -1.77. The van der Waals surface area contributed by atoms with E-state index in [-0.39, 0.29) is 0 Å². The molecule has 0 aliphatic heterocycles. The van der Waals surface area contributed by atoms with Gasteiger partial charge < -0.3 is 11.1 Å². The number of hydrogen-bond donors (Lipinski definition) is 2. The lowest BCUT2D eigenvalue weighted by Crippen LogP contribution is -1.97. The van der Waals surface area contributed by atoms with Gasteiger partial charge in [-0.3, -0.25) is 4.99 Å². The molecule has 0 heterocycles. The van der Waals surface area contributed by atoms with Crippen LogP contribution in [0.3, 0.4) is 0 Å². The largest absolute Gasteiger partial charge is 0.397 e. The van der Waals surface area contributed by atoms with Crippen molar-refractivity contribution >= 4 is 29.9 Å². The van der Waals surface area contributed by atoms with Gasteiger partial charge in [0.15, 0.2) is 0 Å². The summed E-state index contributed by atoms with van der Waals surface area (Å²) in [5, 5.41) is 2.99. The Kier molecular flexibility index (Phi) is 2.69. The third-order valence-corrected chi connectivity index (χ3v) is 1.91. The molecule has 0 radical (unpaired) electrons. The van der Waals surface area contributed by atoms with E-state index in [2.05, 4.69) is 23.6 Å². The zero-order valence-electron chi connectivity index (χ0n) is 7.67. The second-order valence-corrected chi connectivity index (χ2v) is 2.57. The van der Waals surface area contributed by atoms with Crippen LogP contribution in [0.5, 0.6) is 0 Å². The Labute approximate surface area is 78.0 Å². The molecule has 0 aromatic heterocycles. The molecule has 3 heteroatoms.